The molecule has 0 spiro atoms. The highest BCUT2D eigenvalue weighted by Crippen LogP contribution is 2.18. The van der Waals surface area contributed by atoms with E-state index in [0.29, 0.717) is 5.02 Å². The third kappa shape index (κ3) is 6.02. The second-order valence-electron chi connectivity index (χ2n) is 5.96. The third-order valence-electron chi connectivity index (χ3n) is 3.84. The van der Waals surface area contributed by atoms with Crippen molar-refractivity contribution >= 4 is 45.2 Å². The van der Waals surface area contributed by atoms with Crippen molar-refractivity contribution in [1.29, 1.82) is 0 Å². The Morgan fingerprint density at radius 3 is 2.33 bits per heavy atom. The molecule has 0 aliphatic rings. The van der Waals surface area contributed by atoms with E-state index in [9.17, 15) is 22.8 Å². The number of carbonyl (C=O) groups excluding carboxylic acids is 3. The first-order valence-corrected chi connectivity index (χ1v) is 10.3. The number of benzene rings is 2. The molecule has 0 aliphatic carbocycles. The lowest BCUT2D eigenvalue weighted by atomic mass is 10.2. The minimum absolute atomic E-state index is 0.0423. The first kappa shape index (κ1) is 23.3. The van der Waals surface area contributed by atoms with Crippen LogP contribution in [-0.4, -0.2) is 57.9 Å². The van der Waals surface area contributed by atoms with Crippen LogP contribution >= 0.6 is 11.6 Å². The Kier molecular flexibility index (Phi) is 7.93. The van der Waals surface area contributed by atoms with Crippen LogP contribution in [0.5, 0.6) is 0 Å². The van der Waals surface area contributed by atoms with E-state index in [-0.39, 0.29) is 16.1 Å². The second-order valence-corrected chi connectivity index (χ2v) is 8.44. The summed E-state index contributed by atoms with van der Waals surface area (Å²) in [4.78, 5) is 35.7. The monoisotopic (exact) mass is 454 g/mol. The summed E-state index contributed by atoms with van der Waals surface area (Å²) in [5, 5.41) is 2.81. The SMILES string of the molecule is COC(=O)c1ccccc1NC(=O)COC(=O)CN(C)S(=O)(=O)c1ccc(Cl)cc1. The van der Waals surface area contributed by atoms with Gasteiger partial charge in [-0.25, -0.2) is 13.2 Å². The second kappa shape index (κ2) is 10.2. The van der Waals surface area contributed by atoms with Crippen molar-refractivity contribution in [2.75, 3.05) is 32.6 Å². The number of likely N-dealkylation sites (N-methyl/N-ethyl adjacent to an activating group) is 1. The standard InChI is InChI=1S/C19H19ClN2O7S/c1-22(30(26,27)14-9-7-13(20)8-10-14)11-18(24)29-12-17(23)21-16-6-4-3-5-15(16)19(25)28-2/h3-10H,11-12H2,1-2H3,(H,21,23). The summed E-state index contributed by atoms with van der Waals surface area (Å²) >= 11 is 5.74. The number of sulfonamides is 1. The zero-order valence-electron chi connectivity index (χ0n) is 16.1. The lowest BCUT2D eigenvalue weighted by Gasteiger charge is -2.16. The molecule has 0 atom stereocenters. The van der Waals surface area contributed by atoms with Crippen LogP contribution in [0.2, 0.25) is 5.02 Å². The van der Waals surface area contributed by atoms with Crippen LogP contribution in [0.3, 0.4) is 0 Å². The molecule has 0 unspecified atom stereocenters. The first-order valence-electron chi connectivity index (χ1n) is 8.50. The molecule has 2 rings (SSSR count). The smallest absolute Gasteiger partial charge is 0.339 e. The predicted molar refractivity (Wildman–Crippen MR) is 109 cm³/mol. The number of anilines is 1. The highest BCUT2D eigenvalue weighted by atomic mass is 35.5. The lowest BCUT2D eigenvalue weighted by molar-refractivity contribution is -0.147. The number of halogens is 1. The maximum atomic E-state index is 12.4. The highest BCUT2D eigenvalue weighted by molar-refractivity contribution is 7.89. The Hall–Kier alpha value is -2.95. The average Bonchev–Trinajstić information content (AvgIpc) is 2.72. The predicted octanol–water partition coefficient (Wildman–Crippen LogP) is 1.93. The molecule has 1 N–H and O–H groups in total. The van der Waals surface area contributed by atoms with Gasteiger partial charge in [-0.1, -0.05) is 23.7 Å². The van der Waals surface area contributed by atoms with Gasteiger partial charge >= 0.3 is 11.9 Å². The van der Waals surface area contributed by atoms with Gasteiger partial charge in [-0.05, 0) is 36.4 Å². The van der Waals surface area contributed by atoms with Gasteiger partial charge in [-0.2, -0.15) is 4.31 Å². The van der Waals surface area contributed by atoms with Crippen molar-refractivity contribution in [3.63, 3.8) is 0 Å². The fourth-order valence-electron chi connectivity index (χ4n) is 2.31. The van der Waals surface area contributed by atoms with Crippen LogP contribution in [0, 0.1) is 0 Å². The van der Waals surface area contributed by atoms with Gasteiger partial charge < -0.3 is 14.8 Å². The molecule has 1 amide bonds. The van der Waals surface area contributed by atoms with E-state index >= 15 is 0 Å². The third-order valence-corrected chi connectivity index (χ3v) is 5.91. The number of hydrogen-bond donors (Lipinski definition) is 1. The summed E-state index contributed by atoms with van der Waals surface area (Å²) < 4.78 is 35.1. The van der Waals surface area contributed by atoms with Crippen LogP contribution < -0.4 is 5.32 Å². The fourth-order valence-corrected chi connectivity index (χ4v) is 3.55. The Morgan fingerprint density at radius 2 is 1.70 bits per heavy atom. The number of rotatable bonds is 8. The summed E-state index contributed by atoms with van der Waals surface area (Å²) in [6.07, 6.45) is 0. The Balaban J connectivity index is 1.92. The first-order chi connectivity index (χ1) is 14.1. The summed E-state index contributed by atoms with van der Waals surface area (Å²) in [6.45, 7) is -1.26. The quantitative estimate of drug-likeness (QED) is 0.605. The summed E-state index contributed by atoms with van der Waals surface area (Å²) in [5.74, 6) is -2.27. The van der Waals surface area contributed by atoms with Crippen molar-refractivity contribution < 1.29 is 32.3 Å². The molecule has 0 radical (unpaired) electrons. The summed E-state index contributed by atoms with van der Waals surface area (Å²) in [5.41, 5.74) is 0.321. The van der Waals surface area contributed by atoms with Gasteiger partial charge in [-0.3, -0.25) is 9.59 Å². The molecule has 9 nitrogen and oxygen atoms in total. The van der Waals surface area contributed by atoms with Crippen molar-refractivity contribution in [2.24, 2.45) is 0 Å². The molecule has 0 saturated carbocycles. The molecule has 0 aromatic heterocycles. The molecule has 0 fully saturated rings. The lowest BCUT2D eigenvalue weighted by Crippen LogP contribution is -2.34. The zero-order chi connectivity index (χ0) is 22.3. The van der Waals surface area contributed by atoms with Crippen molar-refractivity contribution in [3.05, 3.63) is 59.1 Å². The number of amides is 1. The fraction of sp³-hybridized carbons (Fsp3) is 0.211. The minimum Gasteiger partial charge on any atom is -0.465 e. The average molecular weight is 455 g/mol. The van der Waals surface area contributed by atoms with Crippen molar-refractivity contribution in [2.45, 2.75) is 4.90 Å². The van der Waals surface area contributed by atoms with E-state index in [4.69, 9.17) is 16.3 Å². The normalized spacial score (nSPS) is 11.1. The van der Waals surface area contributed by atoms with E-state index in [0.717, 1.165) is 4.31 Å². The van der Waals surface area contributed by atoms with Gasteiger partial charge in [0.15, 0.2) is 6.61 Å². The van der Waals surface area contributed by atoms with Gasteiger partial charge in [0.25, 0.3) is 5.91 Å². The molecule has 0 aliphatic heterocycles. The van der Waals surface area contributed by atoms with Crippen LogP contribution in [0.15, 0.2) is 53.4 Å². The number of hydrogen-bond acceptors (Lipinski definition) is 7. The van der Waals surface area contributed by atoms with Gasteiger partial charge in [0, 0.05) is 12.1 Å². The van der Waals surface area contributed by atoms with Gasteiger partial charge in [-0.15, -0.1) is 0 Å². The zero-order valence-corrected chi connectivity index (χ0v) is 17.7. The topological polar surface area (TPSA) is 119 Å². The summed E-state index contributed by atoms with van der Waals surface area (Å²) in [7, 11) is -1.52. The van der Waals surface area contributed by atoms with Crippen LogP contribution in [0.1, 0.15) is 10.4 Å². The largest absolute Gasteiger partial charge is 0.465 e. The number of carbonyl (C=O) groups is 3. The number of esters is 2. The Bertz CT molecular complexity index is 1040. The highest BCUT2D eigenvalue weighted by Gasteiger charge is 2.24. The number of methoxy groups -OCH3 is 1. The van der Waals surface area contributed by atoms with Crippen LogP contribution in [0.4, 0.5) is 5.69 Å². The van der Waals surface area contributed by atoms with E-state index in [1.54, 1.807) is 12.1 Å². The number of nitrogens with one attached hydrogen (secondary N) is 1. The maximum absolute atomic E-state index is 12.4. The van der Waals surface area contributed by atoms with E-state index in [2.05, 4.69) is 10.1 Å². The molecule has 0 bridgehead atoms. The molecule has 30 heavy (non-hydrogen) atoms. The number of ether oxygens (including phenoxy) is 2. The van der Waals surface area contributed by atoms with E-state index < -0.39 is 41.0 Å². The van der Waals surface area contributed by atoms with Gasteiger partial charge in [0.2, 0.25) is 10.0 Å². The minimum atomic E-state index is -3.93. The number of para-hydroxylation sites is 1. The van der Waals surface area contributed by atoms with E-state index in [1.165, 1.54) is 50.6 Å². The van der Waals surface area contributed by atoms with Crippen LogP contribution in [-0.2, 0) is 29.1 Å². The molecule has 2 aromatic rings. The Morgan fingerprint density at radius 1 is 1.07 bits per heavy atom. The molecule has 2 aromatic carbocycles. The molecular weight excluding hydrogens is 436 g/mol. The molecule has 0 saturated heterocycles. The maximum Gasteiger partial charge on any atom is 0.339 e. The van der Waals surface area contributed by atoms with Gasteiger partial charge in [0.1, 0.15) is 6.54 Å². The van der Waals surface area contributed by atoms with E-state index in [1.807, 2.05) is 0 Å². The van der Waals surface area contributed by atoms with Crippen molar-refractivity contribution in [3.8, 4) is 0 Å². The van der Waals surface area contributed by atoms with Gasteiger partial charge in [0.05, 0.1) is 23.3 Å². The van der Waals surface area contributed by atoms with Crippen LogP contribution in [0.25, 0.3) is 0 Å². The molecule has 0 heterocycles. The van der Waals surface area contributed by atoms with Crippen molar-refractivity contribution in [1.82, 2.24) is 4.31 Å². The number of nitrogens with zero attached hydrogens (tertiary/aromatic N) is 1. The Labute approximate surface area is 178 Å². The molecular formula is C19H19ClN2O7S. The summed E-state index contributed by atoms with van der Waals surface area (Å²) in [6, 6.07) is 11.6. The molecule has 11 heteroatoms. The molecule has 160 valence electrons.